The number of para-hydroxylation sites is 1. The van der Waals surface area contributed by atoms with Crippen LogP contribution in [0.4, 0.5) is 0 Å². The lowest BCUT2D eigenvalue weighted by Gasteiger charge is -2.07. The minimum absolute atomic E-state index is 0.219. The van der Waals surface area contributed by atoms with E-state index in [1.807, 2.05) is 0 Å². The summed E-state index contributed by atoms with van der Waals surface area (Å²) in [4.78, 5) is 0. The molecule has 0 bridgehead atoms. The molecule has 0 aliphatic heterocycles. The Kier molecular flexibility index (Phi) is 3.07. The van der Waals surface area contributed by atoms with Gasteiger partial charge in [0.2, 0.25) is 0 Å². The van der Waals surface area contributed by atoms with Gasteiger partial charge in [-0.05, 0) is 29.9 Å². The zero-order valence-electron chi connectivity index (χ0n) is 9.11. The molecule has 0 radical (unpaired) electrons. The van der Waals surface area contributed by atoms with Gasteiger partial charge in [0.05, 0.1) is 5.52 Å². The van der Waals surface area contributed by atoms with Crippen LogP contribution in [0.1, 0.15) is 18.9 Å². The number of fused-ring (bicyclic) bond motifs is 1. The summed E-state index contributed by atoms with van der Waals surface area (Å²) in [5.74, 6) is 0. The Labute approximate surface area is 90.2 Å². The molecule has 0 saturated carbocycles. The standard InChI is InChI=1S/C13H17NO/c1-2-8-14-9-6-11-4-3-5-12(7-10-15)13(11)14/h3-6,9,15H,2,7-8,10H2,1H3. The first-order valence-electron chi connectivity index (χ1n) is 5.54. The summed E-state index contributed by atoms with van der Waals surface area (Å²) in [6, 6.07) is 8.43. The van der Waals surface area contributed by atoms with Crippen LogP contribution < -0.4 is 0 Å². The number of aliphatic hydroxyl groups excluding tert-OH is 1. The predicted octanol–water partition coefficient (Wildman–Crippen LogP) is 2.59. The molecule has 1 aromatic heterocycles. The van der Waals surface area contributed by atoms with Crippen LogP contribution in [0.5, 0.6) is 0 Å². The summed E-state index contributed by atoms with van der Waals surface area (Å²) in [6.07, 6.45) is 4.01. The zero-order valence-corrected chi connectivity index (χ0v) is 9.11. The molecule has 0 spiro atoms. The van der Waals surface area contributed by atoms with Gasteiger partial charge in [0, 0.05) is 19.3 Å². The average Bonchev–Trinajstić information content (AvgIpc) is 2.64. The third kappa shape index (κ3) is 1.90. The number of nitrogens with zero attached hydrogens (tertiary/aromatic N) is 1. The van der Waals surface area contributed by atoms with Crippen molar-refractivity contribution >= 4 is 10.9 Å². The molecule has 0 amide bonds. The summed E-state index contributed by atoms with van der Waals surface area (Å²) in [5, 5.41) is 10.3. The number of aryl methyl sites for hydroxylation is 1. The van der Waals surface area contributed by atoms with E-state index in [2.05, 4.69) is 42.0 Å². The maximum Gasteiger partial charge on any atom is 0.0513 e. The molecule has 0 fully saturated rings. The summed E-state index contributed by atoms with van der Waals surface area (Å²) in [5.41, 5.74) is 2.53. The highest BCUT2D eigenvalue weighted by molar-refractivity contribution is 5.83. The third-order valence-corrected chi connectivity index (χ3v) is 2.72. The monoisotopic (exact) mass is 203 g/mol. The van der Waals surface area contributed by atoms with Crippen molar-refractivity contribution in [1.29, 1.82) is 0 Å². The number of rotatable bonds is 4. The Morgan fingerprint density at radius 1 is 1.27 bits per heavy atom. The summed E-state index contributed by atoms with van der Waals surface area (Å²) >= 11 is 0. The molecule has 1 heterocycles. The van der Waals surface area contributed by atoms with Crippen molar-refractivity contribution in [2.75, 3.05) is 6.61 Å². The number of benzene rings is 1. The molecule has 1 aromatic carbocycles. The minimum atomic E-state index is 0.219. The molecule has 2 aromatic rings. The van der Waals surface area contributed by atoms with Gasteiger partial charge in [-0.2, -0.15) is 0 Å². The zero-order chi connectivity index (χ0) is 10.7. The van der Waals surface area contributed by atoms with Gasteiger partial charge in [0.15, 0.2) is 0 Å². The number of aromatic nitrogens is 1. The fourth-order valence-electron chi connectivity index (χ4n) is 2.09. The highest BCUT2D eigenvalue weighted by atomic mass is 16.2. The smallest absolute Gasteiger partial charge is 0.0513 e. The van der Waals surface area contributed by atoms with Crippen molar-refractivity contribution in [2.45, 2.75) is 26.3 Å². The van der Waals surface area contributed by atoms with Gasteiger partial charge in [-0.25, -0.2) is 0 Å². The van der Waals surface area contributed by atoms with Crippen LogP contribution in [0.3, 0.4) is 0 Å². The first kappa shape index (κ1) is 10.2. The molecule has 0 unspecified atom stereocenters. The van der Waals surface area contributed by atoms with Crippen molar-refractivity contribution < 1.29 is 5.11 Å². The van der Waals surface area contributed by atoms with Crippen LogP contribution in [-0.2, 0) is 13.0 Å². The Hall–Kier alpha value is -1.28. The maximum atomic E-state index is 9.03. The second kappa shape index (κ2) is 4.49. The predicted molar refractivity (Wildman–Crippen MR) is 63.0 cm³/mol. The fourth-order valence-corrected chi connectivity index (χ4v) is 2.09. The van der Waals surface area contributed by atoms with Crippen LogP contribution in [-0.4, -0.2) is 16.3 Å². The van der Waals surface area contributed by atoms with Gasteiger partial charge < -0.3 is 9.67 Å². The van der Waals surface area contributed by atoms with Crippen molar-refractivity contribution in [1.82, 2.24) is 4.57 Å². The molecule has 0 aliphatic rings. The second-order valence-corrected chi connectivity index (χ2v) is 3.84. The van der Waals surface area contributed by atoms with E-state index in [1.54, 1.807) is 0 Å². The quantitative estimate of drug-likeness (QED) is 0.811. The number of hydrogen-bond acceptors (Lipinski definition) is 1. The van der Waals surface area contributed by atoms with E-state index < -0.39 is 0 Å². The van der Waals surface area contributed by atoms with Crippen LogP contribution in [0.15, 0.2) is 30.5 Å². The van der Waals surface area contributed by atoms with E-state index >= 15 is 0 Å². The average molecular weight is 203 g/mol. The van der Waals surface area contributed by atoms with E-state index in [4.69, 9.17) is 5.11 Å². The molecule has 2 rings (SSSR count). The van der Waals surface area contributed by atoms with Crippen LogP contribution >= 0.6 is 0 Å². The summed E-state index contributed by atoms with van der Waals surface area (Å²) in [7, 11) is 0. The Morgan fingerprint density at radius 3 is 2.87 bits per heavy atom. The van der Waals surface area contributed by atoms with Gasteiger partial charge >= 0.3 is 0 Å². The lowest BCUT2D eigenvalue weighted by atomic mass is 10.1. The van der Waals surface area contributed by atoms with Crippen LogP contribution in [0.2, 0.25) is 0 Å². The molecule has 0 saturated heterocycles. The molecule has 15 heavy (non-hydrogen) atoms. The van der Waals surface area contributed by atoms with Crippen molar-refractivity contribution in [3.8, 4) is 0 Å². The highest BCUT2D eigenvalue weighted by Crippen LogP contribution is 2.21. The molecule has 2 nitrogen and oxygen atoms in total. The molecular formula is C13H17NO. The van der Waals surface area contributed by atoms with Crippen molar-refractivity contribution in [2.24, 2.45) is 0 Å². The normalized spacial score (nSPS) is 11.1. The van der Waals surface area contributed by atoms with Gasteiger partial charge in [0.1, 0.15) is 0 Å². The lowest BCUT2D eigenvalue weighted by Crippen LogP contribution is -1.99. The topological polar surface area (TPSA) is 25.2 Å². The second-order valence-electron chi connectivity index (χ2n) is 3.84. The molecule has 0 atom stereocenters. The molecule has 80 valence electrons. The first-order chi connectivity index (χ1) is 7.36. The summed E-state index contributed by atoms with van der Waals surface area (Å²) in [6.45, 7) is 3.45. The van der Waals surface area contributed by atoms with Gasteiger partial charge in [0.25, 0.3) is 0 Å². The largest absolute Gasteiger partial charge is 0.396 e. The van der Waals surface area contributed by atoms with E-state index in [0.717, 1.165) is 19.4 Å². The summed E-state index contributed by atoms with van der Waals surface area (Å²) < 4.78 is 2.28. The first-order valence-corrected chi connectivity index (χ1v) is 5.54. The third-order valence-electron chi connectivity index (χ3n) is 2.72. The molecule has 0 aliphatic carbocycles. The van der Waals surface area contributed by atoms with E-state index in [1.165, 1.54) is 16.5 Å². The Morgan fingerprint density at radius 2 is 2.13 bits per heavy atom. The molecule has 2 heteroatoms. The number of hydrogen-bond donors (Lipinski definition) is 1. The molecular weight excluding hydrogens is 186 g/mol. The van der Waals surface area contributed by atoms with Crippen LogP contribution in [0.25, 0.3) is 10.9 Å². The van der Waals surface area contributed by atoms with E-state index in [9.17, 15) is 0 Å². The molecule has 1 N–H and O–H groups in total. The van der Waals surface area contributed by atoms with E-state index in [-0.39, 0.29) is 6.61 Å². The van der Waals surface area contributed by atoms with Gasteiger partial charge in [-0.15, -0.1) is 0 Å². The van der Waals surface area contributed by atoms with Gasteiger partial charge in [-0.3, -0.25) is 0 Å². The fraction of sp³-hybridized carbons (Fsp3) is 0.385. The number of aliphatic hydroxyl groups is 1. The highest BCUT2D eigenvalue weighted by Gasteiger charge is 2.05. The minimum Gasteiger partial charge on any atom is -0.396 e. The van der Waals surface area contributed by atoms with E-state index in [0.29, 0.717) is 0 Å². The lowest BCUT2D eigenvalue weighted by molar-refractivity contribution is 0.300. The van der Waals surface area contributed by atoms with Crippen molar-refractivity contribution in [3.05, 3.63) is 36.0 Å². The Bertz CT molecular complexity index is 445. The Balaban J connectivity index is 2.53. The van der Waals surface area contributed by atoms with Crippen molar-refractivity contribution in [3.63, 3.8) is 0 Å². The SMILES string of the molecule is CCCn1ccc2cccc(CCO)c21. The maximum absolute atomic E-state index is 9.03. The van der Waals surface area contributed by atoms with Crippen LogP contribution in [0, 0.1) is 0 Å². The van der Waals surface area contributed by atoms with Gasteiger partial charge in [-0.1, -0.05) is 25.1 Å².